The summed E-state index contributed by atoms with van der Waals surface area (Å²) in [5.74, 6) is -0.958. The van der Waals surface area contributed by atoms with Crippen LogP contribution in [0.15, 0.2) is 0 Å². The van der Waals surface area contributed by atoms with E-state index >= 15 is 0 Å². The van der Waals surface area contributed by atoms with Gasteiger partial charge in [-0.15, -0.1) is 0 Å². The number of carboxylic acid groups (broad SMARTS) is 1. The van der Waals surface area contributed by atoms with Crippen LogP contribution in [-0.4, -0.2) is 26.9 Å². The molecule has 0 atom stereocenters. The Morgan fingerprint density at radius 2 is 2.36 bits per heavy atom. The van der Waals surface area contributed by atoms with Crippen LogP contribution in [0.1, 0.15) is 34.6 Å². The van der Waals surface area contributed by atoms with Gasteiger partial charge in [-0.1, -0.05) is 0 Å². The van der Waals surface area contributed by atoms with Crippen molar-refractivity contribution < 1.29 is 14.6 Å². The van der Waals surface area contributed by atoms with Gasteiger partial charge in [-0.05, 0) is 12.8 Å². The number of fused-ring (bicyclic) bond motifs is 1. The Balaban J connectivity index is 2.03. The molecule has 0 radical (unpaired) electrons. The highest BCUT2D eigenvalue weighted by molar-refractivity contribution is 5.87. The maximum absolute atomic E-state index is 10.8. The number of aromatic nitrogens is 2. The molecule has 2 heterocycles. The lowest BCUT2D eigenvalue weighted by atomic mass is 10.0. The molecule has 0 aromatic carbocycles. The number of ether oxygens (including phenoxy) is 1. The standard InChI is InChI=1S/C9H10N2O3/c12-8(13)7-5-3-9(1-2-9)14-4-6(5)10-11-7/h1-4H2,(H,10,11)(H,12,13). The van der Waals surface area contributed by atoms with Crippen LogP contribution in [0.2, 0.25) is 0 Å². The van der Waals surface area contributed by atoms with Crippen molar-refractivity contribution in [1.82, 2.24) is 10.2 Å². The number of aromatic carboxylic acids is 1. The number of H-pyrrole nitrogens is 1. The number of hydrogen-bond acceptors (Lipinski definition) is 3. The van der Waals surface area contributed by atoms with E-state index in [0.717, 1.165) is 24.1 Å². The number of nitrogens with zero attached hydrogens (tertiary/aromatic N) is 1. The van der Waals surface area contributed by atoms with Crippen LogP contribution in [0.3, 0.4) is 0 Å². The van der Waals surface area contributed by atoms with E-state index in [4.69, 9.17) is 9.84 Å². The van der Waals surface area contributed by atoms with Gasteiger partial charge in [0.05, 0.1) is 17.9 Å². The smallest absolute Gasteiger partial charge is 0.356 e. The third-order valence-corrected chi connectivity index (χ3v) is 2.98. The zero-order valence-electron chi connectivity index (χ0n) is 7.54. The molecule has 2 aliphatic rings. The fourth-order valence-corrected chi connectivity index (χ4v) is 1.95. The van der Waals surface area contributed by atoms with Crippen LogP contribution in [0.4, 0.5) is 0 Å². The van der Waals surface area contributed by atoms with E-state index in [1.807, 2.05) is 0 Å². The molecule has 3 rings (SSSR count). The average Bonchev–Trinajstić information content (AvgIpc) is 2.77. The van der Waals surface area contributed by atoms with Crippen LogP contribution in [-0.2, 0) is 17.8 Å². The lowest BCUT2D eigenvalue weighted by Gasteiger charge is -2.21. The Hall–Kier alpha value is -1.36. The van der Waals surface area contributed by atoms with E-state index in [2.05, 4.69) is 10.2 Å². The highest BCUT2D eigenvalue weighted by Gasteiger charge is 2.48. The first kappa shape index (κ1) is 7.99. The maximum atomic E-state index is 10.8. The third kappa shape index (κ3) is 0.988. The predicted molar refractivity (Wildman–Crippen MR) is 46.0 cm³/mol. The minimum atomic E-state index is -0.958. The van der Waals surface area contributed by atoms with Crippen molar-refractivity contribution in [2.45, 2.75) is 31.5 Å². The van der Waals surface area contributed by atoms with Crippen molar-refractivity contribution in [2.24, 2.45) is 0 Å². The van der Waals surface area contributed by atoms with Crippen LogP contribution < -0.4 is 0 Å². The summed E-state index contributed by atoms with van der Waals surface area (Å²) in [5, 5.41) is 15.4. The second kappa shape index (κ2) is 2.36. The van der Waals surface area contributed by atoms with Gasteiger partial charge in [0, 0.05) is 12.0 Å². The lowest BCUT2D eigenvalue weighted by molar-refractivity contribution is 0.00624. The summed E-state index contributed by atoms with van der Waals surface area (Å²) in [4.78, 5) is 10.8. The van der Waals surface area contributed by atoms with Gasteiger partial charge in [-0.3, -0.25) is 5.10 Å². The summed E-state index contributed by atoms with van der Waals surface area (Å²) in [6.07, 6.45) is 2.77. The Labute approximate surface area is 80.1 Å². The van der Waals surface area contributed by atoms with E-state index in [-0.39, 0.29) is 11.3 Å². The SMILES string of the molecule is O=C(O)c1n[nH]c2c1CC1(CC1)OC2. The van der Waals surface area contributed by atoms with Crippen molar-refractivity contribution in [3.63, 3.8) is 0 Å². The first-order valence-electron chi connectivity index (χ1n) is 4.64. The number of hydrogen-bond donors (Lipinski definition) is 2. The molecule has 0 saturated heterocycles. The molecule has 1 aromatic rings. The first-order chi connectivity index (χ1) is 6.70. The molecule has 1 aliphatic heterocycles. The second-order valence-corrected chi connectivity index (χ2v) is 3.98. The van der Waals surface area contributed by atoms with Gasteiger partial charge in [0.25, 0.3) is 0 Å². The van der Waals surface area contributed by atoms with E-state index in [1.54, 1.807) is 0 Å². The van der Waals surface area contributed by atoms with E-state index in [1.165, 1.54) is 0 Å². The van der Waals surface area contributed by atoms with Crippen LogP contribution >= 0.6 is 0 Å². The average molecular weight is 194 g/mol. The summed E-state index contributed by atoms with van der Waals surface area (Å²) < 4.78 is 5.63. The zero-order valence-corrected chi connectivity index (χ0v) is 7.54. The van der Waals surface area contributed by atoms with Crippen molar-refractivity contribution >= 4 is 5.97 Å². The predicted octanol–water partition coefficient (Wildman–Crippen LogP) is 0.713. The quantitative estimate of drug-likeness (QED) is 0.690. The van der Waals surface area contributed by atoms with Crippen molar-refractivity contribution in [1.29, 1.82) is 0 Å². The maximum Gasteiger partial charge on any atom is 0.356 e. The normalized spacial score (nSPS) is 22.0. The summed E-state index contributed by atoms with van der Waals surface area (Å²) >= 11 is 0. The molecule has 0 amide bonds. The molecule has 1 aliphatic carbocycles. The van der Waals surface area contributed by atoms with Crippen LogP contribution in [0.25, 0.3) is 0 Å². The van der Waals surface area contributed by atoms with Crippen molar-refractivity contribution in [2.75, 3.05) is 0 Å². The number of aromatic amines is 1. The van der Waals surface area contributed by atoms with Gasteiger partial charge in [0.15, 0.2) is 5.69 Å². The molecule has 14 heavy (non-hydrogen) atoms. The summed E-state index contributed by atoms with van der Waals surface area (Å²) in [5.41, 5.74) is 1.76. The highest BCUT2D eigenvalue weighted by atomic mass is 16.5. The molecule has 5 heteroatoms. The summed E-state index contributed by atoms with van der Waals surface area (Å²) in [6.45, 7) is 0.468. The molecule has 2 N–H and O–H groups in total. The third-order valence-electron chi connectivity index (χ3n) is 2.98. The molecular formula is C9H10N2O3. The molecule has 5 nitrogen and oxygen atoms in total. The van der Waals surface area contributed by atoms with Gasteiger partial charge in [-0.25, -0.2) is 4.79 Å². The van der Waals surface area contributed by atoms with Gasteiger partial charge in [0.2, 0.25) is 0 Å². The molecule has 1 saturated carbocycles. The molecule has 74 valence electrons. The van der Waals surface area contributed by atoms with Crippen molar-refractivity contribution in [3.8, 4) is 0 Å². The largest absolute Gasteiger partial charge is 0.476 e. The molecule has 1 spiro atoms. The van der Waals surface area contributed by atoms with Gasteiger partial charge in [-0.2, -0.15) is 5.10 Å². The van der Waals surface area contributed by atoms with Gasteiger partial charge < -0.3 is 9.84 Å². The fourth-order valence-electron chi connectivity index (χ4n) is 1.95. The summed E-state index contributed by atoms with van der Waals surface area (Å²) in [6, 6.07) is 0. The van der Waals surface area contributed by atoms with Crippen molar-refractivity contribution in [3.05, 3.63) is 17.0 Å². The Bertz CT molecular complexity index is 406. The highest BCUT2D eigenvalue weighted by Crippen LogP contribution is 2.46. The minimum absolute atomic E-state index is 0.0545. The number of carboxylic acids is 1. The Morgan fingerprint density at radius 1 is 1.57 bits per heavy atom. The van der Waals surface area contributed by atoms with Gasteiger partial charge in [0.1, 0.15) is 0 Å². The topological polar surface area (TPSA) is 75.2 Å². The number of nitrogens with one attached hydrogen (secondary N) is 1. The second-order valence-electron chi connectivity index (χ2n) is 3.98. The van der Waals surface area contributed by atoms with E-state index in [0.29, 0.717) is 13.0 Å². The lowest BCUT2D eigenvalue weighted by Crippen LogP contribution is -2.24. The molecular weight excluding hydrogens is 184 g/mol. The molecule has 1 fully saturated rings. The fraction of sp³-hybridized carbons (Fsp3) is 0.556. The minimum Gasteiger partial charge on any atom is -0.476 e. The van der Waals surface area contributed by atoms with Crippen LogP contribution in [0, 0.1) is 0 Å². The van der Waals surface area contributed by atoms with E-state index < -0.39 is 5.97 Å². The Morgan fingerprint density at radius 3 is 3.00 bits per heavy atom. The van der Waals surface area contributed by atoms with Crippen LogP contribution in [0.5, 0.6) is 0 Å². The molecule has 0 bridgehead atoms. The Kier molecular flexibility index (Phi) is 1.35. The molecule has 1 aromatic heterocycles. The first-order valence-corrected chi connectivity index (χ1v) is 4.64. The number of carbonyl (C=O) groups is 1. The molecule has 0 unspecified atom stereocenters. The monoisotopic (exact) mass is 194 g/mol. The summed E-state index contributed by atoms with van der Waals surface area (Å²) in [7, 11) is 0. The van der Waals surface area contributed by atoms with E-state index in [9.17, 15) is 4.79 Å². The number of rotatable bonds is 1. The van der Waals surface area contributed by atoms with Gasteiger partial charge >= 0.3 is 5.97 Å². The zero-order chi connectivity index (χ0) is 9.76.